The monoisotopic (exact) mass is 394 g/mol. The minimum Gasteiger partial charge on any atom is -0.370 e. The molecule has 0 amide bonds. The summed E-state index contributed by atoms with van der Waals surface area (Å²) in [6.07, 6.45) is 6.55. The molecule has 5 heteroatoms. The molecule has 0 aromatic carbocycles. The van der Waals surface area contributed by atoms with Gasteiger partial charge in [0.25, 0.3) is 0 Å². The van der Waals surface area contributed by atoms with Gasteiger partial charge >= 0.3 is 0 Å². The van der Waals surface area contributed by atoms with E-state index in [2.05, 4.69) is 28.6 Å². The molecule has 2 saturated heterocycles. The van der Waals surface area contributed by atoms with Crippen molar-refractivity contribution in [2.24, 2.45) is 16.6 Å². The number of likely N-dealkylation sites (N-methyl/N-ethyl adjacent to an activating group) is 1. The van der Waals surface area contributed by atoms with Crippen molar-refractivity contribution in [2.45, 2.75) is 52.0 Å². The Kier molecular flexibility index (Phi) is 8.17. The van der Waals surface area contributed by atoms with Crippen molar-refractivity contribution >= 4 is 29.9 Å². The molecule has 0 aromatic heterocycles. The van der Waals surface area contributed by atoms with Gasteiger partial charge in [-0.15, -0.1) is 24.0 Å². The fourth-order valence-electron chi connectivity index (χ4n) is 3.38. The van der Waals surface area contributed by atoms with Gasteiger partial charge in [-0.25, -0.2) is 0 Å². The maximum absolute atomic E-state index is 6.17. The van der Waals surface area contributed by atoms with Crippen LogP contribution in [0.15, 0.2) is 4.99 Å². The van der Waals surface area contributed by atoms with Crippen molar-refractivity contribution in [1.82, 2.24) is 9.80 Å². The van der Waals surface area contributed by atoms with Gasteiger partial charge in [-0.05, 0) is 44.7 Å². The van der Waals surface area contributed by atoms with Crippen LogP contribution in [0.5, 0.6) is 0 Å². The lowest BCUT2D eigenvalue weighted by atomic mass is 10.0. The maximum atomic E-state index is 6.17. The van der Waals surface area contributed by atoms with Gasteiger partial charge in [-0.1, -0.05) is 20.3 Å². The molecular formula is C15H31IN4. The van der Waals surface area contributed by atoms with E-state index in [1.165, 1.54) is 38.6 Å². The van der Waals surface area contributed by atoms with Crippen molar-refractivity contribution in [1.29, 1.82) is 0 Å². The minimum absolute atomic E-state index is 0. The summed E-state index contributed by atoms with van der Waals surface area (Å²) in [5.41, 5.74) is 6.17. The Bertz CT molecular complexity index is 308. The van der Waals surface area contributed by atoms with Gasteiger partial charge in [-0.3, -0.25) is 9.89 Å². The third-order valence-electron chi connectivity index (χ3n) is 4.60. The zero-order valence-electron chi connectivity index (χ0n) is 13.1. The molecule has 2 rings (SSSR count). The van der Waals surface area contributed by atoms with Crippen LogP contribution >= 0.6 is 24.0 Å². The van der Waals surface area contributed by atoms with Crippen LogP contribution in [-0.2, 0) is 0 Å². The predicted octanol–water partition coefficient (Wildman–Crippen LogP) is 2.53. The van der Waals surface area contributed by atoms with Gasteiger partial charge in [0.2, 0.25) is 0 Å². The second-order valence-corrected chi connectivity index (χ2v) is 6.17. The van der Waals surface area contributed by atoms with Crippen LogP contribution in [0.1, 0.15) is 46.0 Å². The Morgan fingerprint density at radius 1 is 1.20 bits per heavy atom. The lowest BCUT2D eigenvalue weighted by molar-refractivity contribution is 0.161. The molecule has 2 atom stereocenters. The first-order chi connectivity index (χ1) is 9.20. The molecule has 4 nitrogen and oxygen atoms in total. The number of hydrogen-bond donors (Lipinski definition) is 1. The first-order valence-corrected chi connectivity index (χ1v) is 7.99. The summed E-state index contributed by atoms with van der Waals surface area (Å²) in [7, 11) is 0. The molecule has 118 valence electrons. The summed E-state index contributed by atoms with van der Waals surface area (Å²) in [5, 5.41) is 0. The highest BCUT2D eigenvalue weighted by molar-refractivity contribution is 14.0. The van der Waals surface area contributed by atoms with Crippen LogP contribution in [0.2, 0.25) is 0 Å². The number of hydrogen-bond acceptors (Lipinski definition) is 2. The largest absolute Gasteiger partial charge is 0.370 e. The molecule has 2 unspecified atom stereocenters. The van der Waals surface area contributed by atoms with Gasteiger partial charge in [0, 0.05) is 19.1 Å². The summed E-state index contributed by atoms with van der Waals surface area (Å²) in [4.78, 5) is 9.51. The van der Waals surface area contributed by atoms with Gasteiger partial charge < -0.3 is 10.6 Å². The summed E-state index contributed by atoms with van der Waals surface area (Å²) in [6.45, 7) is 9.97. The summed E-state index contributed by atoms with van der Waals surface area (Å²) >= 11 is 0. The fraction of sp³-hybridized carbons (Fsp3) is 0.933. The number of nitrogens with zero attached hydrogens (tertiary/aromatic N) is 3. The zero-order chi connectivity index (χ0) is 13.7. The molecule has 0 radical (unpaired) electrons. The summed E-state index contributed by atoms with van der Waals surface area (Å²) in [6, 6.07) is 0.611. The average molecular weight is 394 g/mol. The van der Waals surface area contributed by atoms with Gasteiger partial charge in [0.15, 0.2) is 5.96 Å². The summed E-state index contributed by atoms with van der Waals surface area (Å²) < 4.78 is 0. The van der Waals surface area contributed by atoms with E-state index in [-0.39, 0.29) is 24.0 Å². The van der Waals surface area contributed by atoms with Crippen molar-refractivity contribution in [2.75, 3.05) is 32.7 Å². The van der Waals surface area contributed by atoms with Crippen LogP contribution in [0.25, 0.3) is 0 Å². The zero-order valence-corrected chi connectivity index (χ0v) is 15.4. The molecule has 2 aliphatic rings. The normalized spacial score (nSPS) is 29.1. The number of rotatable bonds is 3. The van der Waals surface area contributed by atoms with Crippen LogP contribution in [-0.4, -0.2) is 54.5 Å². The maximum Gasteiger partial charge on any atom is 0.191 e. The van der Waals surface area contributed by atoms with Crippen molar-refractivity contribution in [3.8, 4) is 0 Å². The quantitative estimate of drug-likeness (QED) is 0.455. The molecule has 0 aromatic rings. The number of likely N-dealkylation sites (tertiary alicyclic amines) is 2. The smallest absolute Gasteiger partial charge is 0.191 e. The number of halogens is 1. The van der Waals surface area contributed by atoms with E-state index in [0.717, 1.165) is 38.1 Å². The van der Waals surface area contributed by atoms with Crippen LogP contribution in [0.3, 0.4) is 0 Å². The van der Waals surface area contributed by atoms with E-state index in [0.29, 0.717) is 6.04 Å². The van der Waals surface area contributed by atoms with E-state index in [1.54, 1.807) is 0 Å². The van der Waals surface area contributed by atoms with Crippen LogP contribution < -0.4 is 5.73 Å². The third-order valence-corrected chi connectivity index (χ3v) is 4.60. The van der Waals surface area contributed by atoms with Gasteiger partial charge in [0.1, 0.15) is 0 Å². The van der Waals surface area contributed by atoms with Crippen molar-refractivity contribution in [3.05, 3.63) is 0 Å². The fourth-order valence-corrected chi connectivity index (χ4v) is 3.38. The second-order valence-electron chi connectivity index (χ2n) is 6.17. The number of piperidine rings is 2. The Morgan fingerprint density at radius 2 is 2.00 bits per heavy atom. The lowest BCUT2D eigenvalue weighted by Gasteiger charge is -2.35. The minimum atomic E-state index is 0. The molecule has 0 saturated carbocycles. The Hall–Kier alpha value is -0.0400. The predicted molar refractivity (Wildman–Crippen MR) is 96.8 cm³/mol. The van der Waals surface area contributed by atoms with E-state index in [1.807, 2.05) is 0 Å². The molecular weight excluding hydrogens is 363 g/mol. The molecule has 0 spiro atoms. The Morgan fingerprint density at radius 3 is 2.70 bits per heavy atom. The Labute approximate surface area is 141 Å². The molecule has 0 aliphatic carbocycles. The van der Waals surface area contributed by atoms with E-state index in [9.17, 15) is 0 Å². The van der Waals surface area contributed by atoms with Crippen LogP contribution in [0.4, 0.5) is 0 Å². The van der Waals surface area contributed by atoms with Gasteiger partial charge in [-0.2, -0.15) is 0 Å². The number of aliphatic imine (C=N–C) groups is 1. The SMILES string of the molecule is CCN1CCCCC1CN=C(N)N1CCCC(C)C1.I. The first-order valence-electron chi connectivity index (χ1n) is 7.99. The molecule has 2 N–H and O–H groups in total. The van der Waals surface area contributed by atoms with Gasteiger partial charge in [0.05, 0.1) is 6.54 Å². The highest BCUT2D eigenvalue weighted by Gasteiger charge is 2.22. The summed E-state index contributed by atoms with van der Waals surface area (Å²) in [5.74, 6) is 1.53. The van der Waals surface area contributed by atoms with E-state index < -0.39 is 0 Å². The molecule has 2 aliphatic heterocycles. The van der Waals surface area contributed by atoms with E-state index in [4.69, 9.17) is 5.73 Å². The molecule has 0 bridgehead atoms. The second kappa shape index (κ2) is 9.07. The topological polar surface area (TPSA) is 44.9 Å². The number of guanidine groups is 1. The average Bonchev–Trinajstić information content (AvgIpc) is 2.45. The highest BCUT2D eigenvalue weighted by Crippen LogP contribution is 2.18. The van der Waals surface area contributed by atoms with Crippen molar-refractivity contribution < 1.29 is 0 Å². The van der Waals surface area contributed by atoms with Crippen LogP contribution in [0, 0.1) is 5.92 Å². The third kappa shape index (κ3) is 5.06. The molecule has 2 fully saturated rings. The molecule has 2 heterocycles. The van der Waals surface area contributed by atoms with Crippen molar-refractivity contribution in [3.63, 3.8) is 0 Å². The first kappa shape index (κ1) is 18.0. The van der Waals surface area contributed by atoms with E-state index >= 15 is 0 Å². The highest BCUT2D eigenvalue weighted by atomic mass is 127. The lowest BCUT2D eigenvalue weighted by Crippen LogP contribution is -2.45. The molecule has 20 heavy (non-hydrogen) atoms. The number of nitrogens with two attached hydrogens (primary N) is 1. The standard InChI is InChI=1S/C15H30N4.HI/c1-3-18-9-5-4-8-14(18)11-17-15(16)19-10-6-7-13(2)12-19;/h13-14H,3-12H2,1-2H3,(H2,16,17);1H. The Balaban J connectivity index is 0.00000200.